The van der Waals surface area contributed by atoms with Gasteiger partial charge in [0.15, 0.2) is 0 Å². The maximum absolute atomic E-state index is 13.5. The van der Waals surface area contributed by atoms with Crippen LogP contribution in [0.5, 0.6) is 0 Å². The number of nitrogens with one attached hydrogen (secondary N) is 1. The molecule has 0 bridgehead atoms. The first kappa shape index (κ1) is 16.2. The number of likely N-dealkylation sites (N-methyl/N-ethyl adjacent to an activating group) is 1. The van der Waals surface area contributed by atoms with Crippen molar-refractivity contribution in [3.8, 4) is 0 Å². The van der Waals surface area contributed by atoms with Crippen molar-refractivity contribution in [3.05, 3.63) is 23.6 Å². The summed E-state index contributed by atoms with van der Waals surface area (Å²) in [6, 6.07) is 2.12. The van der Waals surface area contributed by atoms with Gasteiger partial charge in [0.25, 0.3) is 0 Å². The summed E-state index contributed by atoms with van der Waals surface area (Å²) in [5.74, 6) is 0.676. The molecule has 1 atom stereocenters. The number of rotatable bonds is 6. The van der Waals surface area contributed by atoms with E-state index in [0.29, 0.717) is 12.6 Å². The normalized spacial score (nSPS) is 20.0. The zero-order chi connectivity index (χ0) is 15.2. The molecule has 2 heterocycles. The average molecular weight is 294 g/mol. The highest BCUT2D eigenvalue weighted by Gasteiger charge is 2.24. The number of hydrogen-bond acceptors (Lipinski definition) is 4. The summed E-state index contributed by atoms with van der Waals surface area (Å²) in [5, 5.41) is 3.35. The van der Waals surface area contributed by atoms with Crippen LogP contribution in [0.3, 0.4) is 0 Å². The molecule has 5 heteroatoms. The predicted octanol–water partition coefficient (Wildman–Crippen LogP) is 2.25. The standard InChI is InChI=1S/C16H27FN4/c1-4-6-18-10-14-9-15(17)11-19-16(14)21-8-7-20(5-2)13(3)12-21/h9,11,13,18H,4-8,10,12H2,1-3H3. The van der Waals surface area contributed by atoms with Crippen molar-refractivity contribution in [1.29, 1.82) is 0 Å². The van der Waals surface area contributed by atoms with Crippen LogP contribution < -0.4 is 10.2 Å². The van der Waals surface area contributed by atoms with Crippen LogP contribution in [0.1, 0.15) is 32.8 Å². The predicted molar refractivity (Wildman–Crippen MR) is 85.1 cm³/mol. The number of anilines is 1. The van der Waals surface area contributed by atoms with Crippen LogP contribution in [-0.2, 0) is 6.54 Å². The first-order chi connectivity index (χ1) is 10.2. The molecule has 0 aliphatic carbocycles. The van der Waals surface area contributed by atoms with Crippen molar-refractivity contribution in [1.82, 2.24) is 15.2 Å². The first-order valence-electron chi connectivity index (χ1n) is 7.99. The van der Waals surface area contributed by atoms with Gasteiger partial charge < -0.3 is 10.2 Å². The topological polar surface area (TPSA) is 31.4 Å². The van der Waals surface area contributed by atoms with Crippen LogP contribution >= 0.6 is 0 Å². The van der Waals surface area contributed by atoms with Crippen molar-refractivity contribution in [2.45, 2.75) is 39.8 Å². The molecule has 1 aromatic rings. The van der Waals surface area contributed by atoms with Gasteiger partial charge in [0, 0.05) is 37.8 Å². The quantitative estimate of drug-likeness (QED) is 0.816. The molecule has 0 amide bonds. The monoisotopic (exact) mass is 294 g/mol. The van der Waals surface area contributed by atoms with E-state index in [2.05, 4.69) is 40.9 Å². The molecule has 0 spiro atoms. The van der Waals surface area contributed by atoms with Crippen LogP contribution in [0.15, 0.2) is 12.3 Å². The molecule has 1 aromatic heterocycles. The van der Waals surface area contributed by atoms with Crippen molar-refractivity contribution in [2.24, 2.45) is 0 Å². The highest BCUT2D eigenvalue weighted by Crippen LogP contribution is 2.22. The number of piperazine rings is 1. The van der Waals surface area contributed by atoms with Gasteiger partial charge in [-0.25, -0.2) is 9.37 Å². The fourth-order valence-corrected chi connectivity index (χ4v) is 2.95. The van der Waals surface area contributed by atoms with Gasteiger partial charge in [-0.05, 0) is 32.5 Å². The number of halogens is 1. The summed E-state index contributed by atoms with van der Waals surface area (Å²) < 4.78 is 13.5. The third kappa shape index (κ3) is 4.14. The van der Waals surface area contributed by atoms with Crippen molar-refractivity contribution in [3.63, 3.8) is 0 Å². The third-order valence-electron chi connectivity index (χ3n) is 4.12. The number of nitrogens with zero attached hydrogens (tertiary/aromatic N) is 3. The van der Waals surface area contributed by atoms with E-state index in [-0.39, 0.29) is 5.82 Å². The molecular weight excluding hydrogens is 267 g/mol. The minimum absolute atomic E-state index is 0.257. The van der Waals surface area contributed by atoms with Crippen LogP contribution in [0.25, 0.3) is 0 Å². The molecule has 1 fully saturated rings. The van der Waals surface area contributed by atoms with Crippen LogP contribution in [0.2, 0.25) is 0 Å². The molecule has 0 radical (unpaired) electrons. The Kier molecular flexibility index (Phi) is 5.94. The molecule has 1 unspecified atom stereocenters. The average Bonchev–Trinajstić information content (AvgIpc) is 2.47. The summed E-state index contributed by atoms with van der Waals surface area (Å²) in [7, 11) is 0. The highest BCUT2D eigenvalue weighted by molar-refractivity contribution is 5.47. The molecule has 0 saturated carbocycles. The van der Waals surface area contributed by atoms with E-state index in [9.17, 15) is 4.39 Å². The lowest BCUT2D eigenvalue weighted by atomic mass is 10.1. The SMILES string of the molecule is CCCNCc1cc(F)cnc1N1CCN(CC)C(C)C1. The Hall–Kier alpha value is -1.20. The van der Waals surface area contributed by atoms with Gasteiger partial charge in [0.2, 0.25) is 0 Å². The van der Waals surface area contributed by atoms with Crippen LogP contribution in [0, 0.1) is 5.82 Å². The number of aromatic nitrogens is 1. The maximum Gasteiger partial charge on any atom is 0.141 e. The van der Waals surface area contributed by atoms with Gasteiger partial charge in [-0.1, -0.05) is 13.8 Å². The van der Waals surface area contributed by atoms with E-state index in [0.717, 1.165) is 50.5 Å². The Morgan fingerprint density at radius 1 is 1.38 bits per heavy atom. The lowest BCUT2D eigenvalue weighted by Gasteiger charge is -2.40. The molecule has 1 aliphatic heterocycles. The molecule has 1 saturated heterocycles. The van der Waals surface area contributed by atoms with Crippen molar-refractivity contribution < 1.29 is 4.39 Å². The van der Waals surface area contributed by atoms with E-state index in [1.54, 1.807) is 6.07 Å². The summed E-state index contributed by atoms with van der Waals surface area (Å²) in [6.45, 7) is 12.2. The van der Waals surface area contributed by atoms with Crippen LogP contribution in [0.4, 0.5) is 10.2 Å². The summed E-state index contributed by atoms with van der Waals surface area (Å²) in [6.07, 6.45) is 2.40. The Morgan fingerprint density at radius 3 is 2.86 bits per heavy atom. The number of hydrogen-bond donors (Lipinski definition) is 1. The van der Waals surface area contributed by atoms with Gasteiger partial charge in [-0.3, -0.25) is 4.90 Å². The fraction of sp³-hybridized carbons (Fsp3) is 0.688. The zero-order valence-corrected chi connectivity index (χ0v) is 13.4. The second-order valence-electron chi connectivity index (χ2n) is 5.74. The Morgan fingerprint density at radius 2 is 2.19 bits per heavy atom. The second-order valence-corrected chi connectivity index (χ2v) is 5.74. The summed E-state index contributed by atoms with van der Waals surface area (Å²) in [4.78, 5) is 9.12. The molecule has 2 rings (SSSR count). The number of pyridine rings is 1. The smallest absolute Gasteiger partial charge is 0.141 e. The van der Waals surface area contributed by atoms with Gasteiger partial charge in [0.05, 0.1) is 6.20 Å². The Balaban J connectivity index is 2.11. The van der Waals surface area contributed by atoms with Crippen molar-refractivity contribution >= 4 is 5.82 Å². The van der Waals surface area contributed by atoms with E-state index in [4.69, 9.17) is 0 Å². The highest BCUT2D eigenvalue weighted by atomic mass is 19.1. The van der Waals surface area contributed by atoms with E-state index < -0.39 is 0 Å². The molecule has 1 aliphatic rings. The van der Waals surface area contributed by atoms with Gasteiger partial charge in [0.1, 0.15) is 11.6 Å². The molecule has 1 N–H and O–H groups in total. The van der Waals surface area contributed by atoms with Crippen LogP contribution in [-0.4, -0.2) is 48.6 Å². The lowest BCUT2D eigenvalue weighted by Crippen LogP contribution is -2.52. The van der Waals surface area contributed by atoms with Crippen molar-refractivity contribution in [2.75, 3.05) is 37.6 Å². The zero-order valence-electron chi connectivity index (χ0n) is 13.4. The van der Waals surface area contributed by atoms with E-state index in [1.807, 2.05) is 0 Å². The lowest BCUT2D eigenvalue weighted by molar-refractivity contribution is 0.199. The Labute approximate surface area is 127 Å². The van der Waals surface area contributed by atoms with Gasteiger partial charge >= 0.3 is 0 Å². The summed E-state index contributed by atoms with van der Waals surface area (Å²) >= 11 is 0. The fourth-order valence-electron chi connectivity index (χ4n) is 2.95. The molecule has 4 nitrogen and oxygen atoms in total. The van der Waals surface area contributed by atoms with E-state index >= 15 is 0 Å². The van der Waals surface area contributed by atoms with Gasteiger partial charge in [-0.2, -0.15) is 0 Å². The molecular formula is C16H27FN4. The van der Waals surface area contributed by atoms with E-state index in [1.165, 1.54) is 6.20 Å². The second kappa shape index (κ2) is 7.71. The molecule has 0 aromatic carbocycles. The molecule has 21 heavy (non-hydrogen) atoms. The first-order valence-corrected chi connectivity index (χ1v) is 7.99. The minimum Gasteiger partial charge on any atom is -0.354 e. The maximum atomic E-state index is 13.5. The minimum atomic E-state index is -0.257. The third-order valence-corrected chi connectivity index (χ3v) is 4.12. The summed E-state index contributed by atoms with van der Waals surface area (Å²) in [5.41, 5.74) is 0.959. The van der Waals surface area contributed by atoms with Gasteiger partial charge in [-0.15, -0.1) is 0 Å². The Bertz CT molecular complexity index is 452. The largest absolute Gasteiger partial charge is 0.354 e. The molecule has 118 valence electrons.